The minimum Gasteiger partial charge on any atom is -0.369 e. The van der Waals surface area contributed by atoms with Crippen molar-refractivity contribution < 1.29 is 9.72 Å². The number of benzene rings is 1. The van der Waals surface area contributed by atoms with Gasteiger partial charge in [-0.05, 0) is 39.8 Å². The van der Waals surface area contributed by atoms with Gasteiger partial charge < -0.3 is 4.90 Å². The molecule has 0 atom stereocenters. The van der Waals surface area contributed by atoms with Gasteiger partial charge in [-0.25, -0.2) is 0 Å². The molecule has 1 rings (SSSR count). The lowest BCUT2D eigenvalue weighted by Crippen LogP contribution is -2.30. The molecule has 0 aromatic heterocycles. The Morgan fingerprint density at radius 3 is 2.44 bits per heavy atom. The van der Waals surface area contributed by atoms with Crippen molar-refractivity contribution in [3.05, 3.63) is 33.9 Å². The van der Waals surface area contributed by atoms with Gasteiger partial charge in [-0.2, -0.15) is 0 Å². The highest BCUT2D eigenvalue weighted by atomic mass is 16.6. The van der Waals surface area contributed by atoms with Crippen molar-refractivity contribution in [2.75, 3.05) is 11.4 Å². The average Bonchev–Trinajstić information content (AvgIpc) is 2.28. The van der Waals surface area contributed by atoms with Crippen molar-refractivity contribution in [1.29, 1.82) is 0 Å². The Labute approximate surface area is 107 Å². The van der Waals surface area contributed by atoms with Crippen molar-refractivity contribution in [1.82, 2.24) is 0 Å². The van der Waals surface area contributed by atoms with Crippen LogP contribution in [0.15, 0.2) is 18.2 Å². The van der Waals surface area contributed by atoms with Crippen LogP contribution in [0.3, 0.4) is 0 Å². The summed E-state index contributed by atoms with van der Waals surface area (Å²) in [5.74, 6) is -0.289. The highest BCUT2D eigenvalue weighted by molar-refractivity contribution is 5.99. The van der Waals surface area contributed by atoms with Gasteiger partial charge in [0, 0.05) is 24.3 Å². The molecule has 0 heterocycles. The van der Waals surface area contributed by atoms with E-state index in [4.69, 9.17) is 0 Å². The summed E-state index contributed by atoms with van der Waals surface area (Å²) in [5.41, 5.74) is 0.867. The summed E-state index contributed by atoms with van der Waals surface area (Å²) in [6, 6.07) is 4.96. The average molecular weight is 250 g/mol. The summed E-state index contributed by atoms with van der Waals surface area (Å²) in [6.07, 6.45) is 0. The van der Waals surface area contributed by atoms with E-state index in [0.29, 0.717) is 0 Å². The summed E-state index contributed by atoms with van der Waals surface area (Å²) in [5, 5.41) is 10.9. The molecule has 0 aliphatic heterocycles. The Hall–Kier alpha value is -1.91. The standard InChI is InChI=1S/C13H18N2O3/c1-5-14(9(2)3)11-6-7-13(15(17)18)12(8-11)10(4)16/h6-9H,5H2,1-4H3. The lowest BCUT2D eigenvalue weighted by Gasteiger charge is -2.27. The first-order valence-electron chi connectivity index (χ1n) is 5.94. The number of nitro benzene ring substituents is 1. The van der Waals surface area contributed by atoms with Gasteiger partial charge in [-0.15, -0.1) is 0 Å². The van der Waals surface area contributed by atoms with Crippen LogP contribution in [0.25, 0.3) is 0 Å². The molecule has 0 spiro atoms. The van der Waals surface area contributed by atoms with Gasteiger partial charge in [0.15, 0.2) is 5.78 Å². The predicted molar refractivity (Wildman–Crippen MR) is 71.3 cm³/mol. The number of carbonyl (C=O) groups is 1. The zero-order chi connectivity index (χ0) is 13.9. The van der Waals surface area contributed by atoms with Crippen molar-refractivity contribution in [2.45, 2.75) is 33.7 Å². The number of carbonyl (C=O) groups excluding carboxylic acids is 1. The molecule has 0 aliphatic rings. The van der Waals surface area contributed by atoms with Crippen LogP contribution in [0.4, 0.5) is 11.4 Å². The van der Waals surface area contributed by atoms with E-state index < -0.39 is 4.92 Å². The number of anilines is 1. The quantitative estimate of drug-likeness (QED) is 0.457. The van der Waals surface area contributed by atoms with Gasteiger partial charge in [0.05, 0.1) is 10.5 Å². The van der Waals surface area contributed by atoms with Crippen LogP contribution in [0.1, 0.15) is 38.1 Å². The highest BCUT2D eigenvalue weighted by Crippen LogP contribution is 2.26. The molecule has 0 saturated carbocycles. The SMILES string of the molecule is CCN(c1ccc([N+](=O)[O-])c(C(C)=O)c1)C(C)C. The molecule has 1 aromatic rings. The van der Waals surface area contributed by atoms with Crippen LogP contribution in [0.5, 0.6) is 0 Å². The third-order valence-electron chi connectivity index (χ3n) is 2.85. The number of Topliss-reactive ketones (excluding diaryl/α,β-unsaturated/α-hetero) is 1. The molecule has 0 radical (unpaired) electrons. The lowest BCUT2D eigenvalue weighted by atomic mass is 10.1. The highest BCUT2D eigenvalue weighted by Gasteiger charge is 2.19. The van der Waals surface area contributed by atoms with E-state index >= 15 is 0 Å². The first-order chi connectivity index (χ1) is 8.38. The van der Waals surface area contributed by atoms with Crippen LogP contribution in [-0.2, 0) is 0 Å². The maximum atomic E-state index is 11.5. The lowest BCUT2D eigenvalue weighted by molar-refractivity contribution is -0.385. The monoisotopic (exact) mass is 250 g/mol. The Morgan fingerprint density at radius 2 is 2.06 bits per heavy atom. The largest absolute Gasteiger partial charge is 0.369 e. The molecule has 0 unspecified atom stereocenters. The molecule has 18 heavy (non-hydrogen) atoms. The van der Waals surface area contributed by atoms with Crippen LogP contribution >= 0.6 is 0 Å². The molecule has 5 heteroatoms. The van der Waals surface area contributed by atoms with Gasteiger partial charge in [0.1, 0.15) is 0 Å². The minimum atomic E-state index is -0.522. The zero-order valence-corrected chi connectivity index (χ0v) is 11.1. The third kappa shape index (κ3) is 2.85. The van der Waals surface area contributed by atoms with Crippen LogP contribution < -0.4 is 4.90 Å². The summed E-state index contributed by atoms with van der Waals surface area (Å²) in [6.45, 7) is 8.22. The minimum absolute atomic E-state index is 0.133. The fourth-order valence-corrected chi connectivity index (χ4v) is 1.99. The molecular weight excluding hydrogens is 232 g/mol. The molecule has 0 aliphatic carbocycles. The summed E-state index contributed by atoms with van der Waals surface area (Å²) >= 11 is 0. The van der Waals surface area contributed by atoms with Crippen molar-refractivity contribution in [3.63, 3.8) is 0 Å². The van der Waals surface area contributed by atoms with E-state index in [1.807, 2.05) is 20.8 Å². The molecule has 98 valence electrons. The molecular formula is C13H18N2O3. The summed E-state index contributed by atoms with van der Waals surface area (Å²) < 4.78 is 0. The summed E-state index contributed by atoms with van der Waals surface area (Å²) in [4.78, 5) is 23.9. The van der Waals surface area contributed by atoms with E-state index in [-0.39, 0.29) is 23.1 Å². The molecule has 0 saturated heterocycles. The number of rotatable bonds is 5. The zero-order valence-electron chi connectivity index (χ0n) is 11.1. The van der Waals surface area contributed by atoms with Crippen LogP contribution in [-0.4, -0.2) is 23.3 Å². The molecule has 1 aromatic carbocycles. The van der Waals surface area contributed by atoms with E-state index in [0.717, 1.165) is 12.2 Å². The first-order valence-corrected chi connectivity index (χ1v) is 5.94. The topological polar surface area (TPSA) is 63.4 Å². The van der Waals surface area contributed by atoms with Crippen molar-refractivity contribution >= 4 is 17.2 Å². The molecule has 0 amide bonds. The number of hydrogen-bond acceptors (Lipinski definition) is 4. The molecule has 0 bridgehead atoms. The third-order valence-corrected chi connectivity index (χ3v) is 2.85. The van der Waals surface area contributed by atoms with E-state index in [9.17, 15) is 14.9 Å². The van der Waals surface area contributed by atoms with E-state index in [1.54, 1.807) is 12.1 Å². The van der Waals surface area contributed by atoms with Gasteiger partial charge in [0.25, 0.3) is 5.69 Å². The number of nitrogens with zero attached hydrogens (tertiary/aromatic N) is 2. The van der Waals surface area contributed by atoms with Gasteiger partial charge in [0.2, 0.25) is 0 Å². The Kier molecular flexibility index (Phi) is 4.42. The maximum absolute atomic E-state index is 11.5. The summed E-state index contributed by atoms with van der Waals surface area (Å²) in [7, 11) is 0. The second-order valence-electron chi connectivity index (χ2n) is 4.39. The smallest absolute Gasteiger partial charge is 0.280 e. The Balaban J connectivity index is 3.30. The fourth-order valence-electron chi connectivity index (χ4n) is 1.99. The Morgan fingerprint density at radius 1 is 1.44 bits per heavy atom. The fraction of sp³-hybridized carbons (Fsp3) is 0.462. The van der Waals surface area contributed by atoms with Gasteiger partial charge in [-0.1, -0.05) is 0 Å². The van der Waals surface area contributed by atoms with Crippen LogP contribution in [0, 0.1) is 10.1 Å². The second kappa shape index (κ2) is 5.62. The van der Waals surface area contributed by atoms with E-state index in [2.05, 4.69) is 4.90 Å². The maximum Gasteiger partial charge on any atom is 0.280 e. The van der Waals surface area contributed by atoms with Gasteiger partial charge >= 0.3 is 0 Å². The number of ketones is 1. The Bertz CT molecular complexity index is 469. The van der Waals surface area contributed by atoms with Crippen molar-refractivity contribution in [3.8, 4) is 0 Å². The predicted octanol–water partition coefficient (Wildman–Crippen LogP) is 3.03. The molecule has 0 fully saturated rings. The normalized spacial score (nSPS) is 10.5. The number of hydrogen-bond donors (Lipinski definition) is 0. The molecule has 0 N–H and O–H groups in total. The number of nitro groups is 1. The first kappa shape index (κ1) is 14.2. The molecule has 5 nitrogen and oxygen atoms in total. The van der Waals surface area contributed by atoms with Crippen molar-refractivity contribution in [2.24, 2.45) is 0 Å². The van der Waals surface area contributed by atoms with E-state index in [1.165, 1.54) is 13.0 Å². The van der Waals surface area contributed by atoms with Crippen LogP contribution in [0.2, 0.25) is 0 Å². The second-order valence-corrected chi connectivity index (χ2v) is 4.39. The van der Waals surface area contributed by atoms with Gasteiger partial charge in [-0.3, -0.25) is 14.9 Å².